The molecule has 76 heavy (non-hydrogen) atoms. The van der Waals surface area contributed by atoms with Gasteiger partial charge in [-0.05, 0) is 37.7 Å². The van der Waals surface area contributed by atoms with Crippen LogP contribution in [-0.4, -0.2) is 119 Å². The van der Waals surface area contributed by atoms with E-state index in [0.717, 1.165) is 49.0 Å². The highest BCUT2D eigenvalue weighted by molar-refractivity contribution is 7.61. The van der Waals surface area contributed by atoms with Crippen molar-refractivity contribution >= 4 is 33.4 Å². The summed E-state index contributed by atoms with van der Waals surface area (Å²) < 4.78 is 59.3. The molecule has 0 amide bonds. The molecule has 1 aromatic heterocycles. The Morgan fingerprint density at radius 3 is 2.03 bits per heavy atom. The van der Waals surface area contributed by atoms with Crippen molar-refractivity contribution < 1.29 is 81.6 Å². The minimum Gasteiger partial charge on any atom is -0.462 e. The Hall–Kier alpha value is -2.62. The van der Waals surface area contributed by atoms with Crippen LogP contribution < -0.4 is 11.4 Å². The average molecular weight is 1120 g/mol. The van der Waals surface area contributed by atoms with Gasteiger partial charge in [-0.25, -0.2) is 13.9 Å². The molecule has 0 radical (unpaired) electrons. The van der Waals surface area contributed by atoms with Crippen molar-refractivity contribution in [1.29, 1.82) is 0 Å². The Labute approximate surface area is 450 Å². The summed E-state index contributed by atoms with van der Waals surface area (Å²) in [5.74, 6) is -3.12. The first-order valence-electron chi connectivity index (χ1n) is 28.4. The van der Waals surface area contributed by atoms with Gasteiger partial charge in [-0.15, -0.1) is 0 Å². The number of hydrogen-bond acceptors (Lipinski definition) is 18. The maximum Gasteiger partial charge on any atom is 0.481 e. The second kappa shape index (κ2) is 37.3. The highest BCUT2D eigenvalue weighted by Crippen LogP contribution is 2.60. The number of ether oxygens (including phenoxy) is 3. The van der Waals surface area contributed by atoms with Crippen molar-refractivity contribution in [3.05, 3.63) is 34.9 Å². The number of anilines is 1. The molecule has 21 nitrogen and oxygen atoms in total. The van der Waals surface area contributed by atoms with Crippen LogP contribution in [0, 0.1) is 17.8 Å². The van der Waals surface area contributed by atoms with Crippen LogP contribution >= 0.6 is 15.6 Å². The number of phosphoric acid groups is 2. The second-order valence-corrected chi connectivity index (χ2v) is 24.1. The number of nitrogens with zero attached hydrogens (tertiary/aromatic N) is 2. The Balaban J connectivity index is 1.68. The average Bonchev–Trinajstić information content (AvgIpc) is 3.36. The van der Waals surface area contributed by atoms with Crippen LogP contribution in [0.3, 0.4) is 0 Å². The molecule has 0 spiro atoms. The molecular weight excluding hydrogens is 1030 g/mol. The molecule has 1 aromatic rings. The molecule has 0 aromatic carbocycles. The third-order valence-corrected chi connectivity index (χ3v) is 17.1. The predicted molar refractivity (Wildman–Crippen MR) is 286 cm³/mol. The molecule has 23 heteroatoms. The van der Waals surface area contributed by atoms with Crippen molar-refractivity contribution in [3.63, 3.8) is 0 Å². The number of aliphatic hydroxyl groups excluding tert-OH is 5. The predicted octanol–water partition coefficient (Wildman–Crippen LogP) is 8.63. The van der Waals surface area contributed by atoms with E-state index >= 15 is 0 Å². The Bertz CT molecular complexity index is 1960. The van der Waals surface area contributed by atoms with Crippen LogP contribution in [0.4, 0.5) is 5.82 Å². The van der Waals surface area contributed by atoms with Crippen molar-refractivity contribution in [2.45, 2.75) is 250 Å². The largest absolute Gasteiger partial charge is 0.481 e. The number of carbonyl (C=O) groups excluding carboxylic acids is 2. The standard InChI is InChI=1S/C53H95N3O18P2/c1-4-6-21-27-40(57)31-32-42-44(58)35-45(59)43-28-23-19-20-25-30-49(61)72-41(36-69-48(60)29-24-18-16-14-12-10-8-7-9-11-13-15-17-22-26-39(3)5-2)37-70-75(65,66)74-76(67,68)71-38-46(51(63)50(42)62)73-52(43)56-34-33-47(54)55-53(56)64/h31-34,39-46,50-52,57-59,62-63H,4-30,35-38H2,1-3H3,(H,65,66)(H,67,68)(H2,54,55,64)/b32-31-/t39?,40-,41+,42-,43-,44+,45-,46+,50-,51+,52+/m0/s1. The zero-order chi connectivity index (χ0) is 55.9. The third-order valence-electron chi connectivity index (χ3n) is 14.5. The highest BCUT2D eigenvalue weighted by atomic mass is 31.3. The molecule has 2 aliphatic rings. The molecular formula is C53H95N3O18P2. The van der Waals surface area contributed by atoms with E-state index in [4.69, 9.17) is 29.0 Å². The maximum absolute atomic E-state index is 13.4. The minimum absolute atomic E-state index is 0.0919. The quantitative estimate of drug-likeness (QED) is 0.0177. The molecule has 9 N–H and O–H groups in total. The van der Waals surface area contributed by atoms with Crippen LogP contribution in [0.15, 0.2) is 29.2 Å². The molecule has 2 bridgehead atoms. The lowest BCUT2D eigenvalue weighted by Gasteiger charge is -2.41. The summed E-state index contributed by atoms with van der Waals surface area (Å²) in [6.07, 6.45) is 13.7. The van der Waals surface area contributed by atoms with Crippen molar-refractivity contribution in [1.82, 2.24) is 9.55 Å². The molecule has 2 saturated heterocycles. The molecule has 2 aliphatic heterocycles. The van der Waals surface area contributed by atoms with Crippen LogP contribution in [0.25, 0.3) is 0 Å². The summed E-state index contributed by atoms with van der Waals surface area (Å²) in [5.41, 5.74) is 4.82. The molecule has 3 heterocycles. The summed E-state index contributed by atoms with van der Waals surface area (Å²) in [6, 6.07) is 1.26. The number of hydrogen-bond donors (Lipinski definition) is 8. The van der Waals surface area contributed by atoms with E-state index in [9.17, 15) is 58.8 Å². The number of esters is 2. The van der Waals surface area contributed by atoms with Crippen LogP contribution in [0.5, 0.6) is 0 Å². The Morgan fingerprint density at radius 2 is 1.41 bits per heavy atom. The topological polar surface area (TPSA) is 326 Å². The van der Waals surface area contributed by atoms with E-state index in [2.05, 4.69) is 23.1 Å². The van der Waals surface area contributed by atoms with Gasteiger partial charge in [0.2, 0.25) is 0 Å². The van der Waals surface area contributed by atoms with E-state index in [-0.39, 0.29) is 25.1 Å². The van der Waals surface area contributed by atoms with Gasteiger partial charge >= 0.3 is 33.3 Å². The summed E-state index contributed by atoms with van der Waals surface area (Å²) in [6.45, 7) is 3.93. The number of carbonyl (C=O) groups is 2. The van der Waals surface area contributed by atoms with Crippen molar-refractivity contribution in [3.8, 4) is 0 Å². The summed E-state index contributed by atoms with van der Waals surface area (Å²) in [4.78, 5) is 64.3. The fourth-order valence-corrected chi connectivity index (χ4v) is 11.7. The van der Waals surface area contributed by atoms with E-state index in [1.165, 1.54) is 95.0 Å². The lowest BCUT2D eigenvalue weighted by molar-refractivity contribution is -0.195. The van der Waals surface area contributed by atoms with Gasteiger partial charge in [0.05, 0.1) is 37.6 Å². The van der Waals surface area contributed by atoms with Gasteiger partial charge in [-0.3, -0.25) is 23.2 Å². The lowest BCUT2D eigenvalue weighted by atomic mass is 9.82. The Kier molecular flexibility index (Phi) is 33.2. The van der Waals surface area contributed by atoms with Crippen LogP contribution in [0.2, 0.25) is 0 Å². The number of fused-ring (bicyclic) bond motifs is 3. The molecule has 3 rings (SSSR count). The Morgan fingerprint density at radius 1 is 0.816 bits per heavy atom. The number of nitrogens with two attached hydrogens (primary N) is 1. The third kappa shape index (κ3) is 27.5. The zero-order valence-corrected chi connectivity index (χ0v) is 47.4. The van der Waals surface area contributed by atoms with Crippen LogP contribution in [0.1, 0.15) is 207 Å². The van der Waals surface area contributed by atoms with Gasteiger partial charge in [0.15, 0.2) is 6.10 Å². The maximum atomic E-state index is 13.4. The smallest absolute Gasteiger partial charge is 0.462 e. The molecule has 3 unspecified atom stereocenters. The first-order valence-corrected chi connectivity index (χ1v) is 31.3. The summed E-state index contributed by atoms with van der Waals surface area (Å²) in [7, 11) is -11.3. The molecule has 0 aliphatic carbocycles. The fraction of sp³-hybridized carbons (Fsp3) is 0.849. The SMILES string of the molecule is CCCCC[C@H](O)/C=C\[C@@H]1[C@H](O)[C@H](O)[C@H]2COP(=O)(O)OP(=O)(O)OC[C@@H](COC(=O)CCCCCCCCCCCCCCCCC(C)CC)OC(=O)CCCCCC[C@H]([C@H](n3ccc(N)nc3=O)O2)[C@@H](O)C[C@H]1O. The first kappa shape index (κ1) is 67.7. The first-order chi connectivity index (χ1) is 36.3. The molecule has 2 fully saturated rings. The van der Waals surface area contributed by atoms with Crippen LogP contribution in [-0.2, 0) is 46.3 Å². The number of cyclic esters (lactones) is 1. The van der Waals surface area contributed by atoms with E-state index < -0.39 is 120 Å². The normalized spacial score (nSPS) is 29.9. The number of phosphoric ester groups is 2. The van der Waals surface area contributed by atoms with Gasteiger partial charge < -0.3 is 55.3 Å². The number of aromatic nitrogens is 2. The van der Waals surface area contributed by atoms with Gasteiger partial charge in [0.1, 0.15) is 30.9 Å². The molecule has 0 saturated carbocycles. The number of rotatable bonds is 27. The van der Waals surface area contributed by atoms with E-state index in [1.807, 2.05) is 6.92 Å². The van der Waals surface area contributed by atoms with Gasteiger partial charge in [0, 0.05) is 37.3 Å². The highest BCUT2D eigenvalue weighted by Gasteiger charge is 2.45. The molecule has 440 valence electrons. The van der Waals surface area contributed by atoms with Crippen molar-refractivity contribution in [2.75, 3.05) is 25.6 Å². The monoisotopic (exact) mass is 1120 g/mol. The zero-order valence-electron chi connectivity index (χ0n) is 45.6. The van der Waals surface area contributed by atoms with Gasteiger partial charge in [-0.1, -0.05) is 168 Å². The summed E-state index contributed by atoms with van der Waals surface area (Å²) >= 11 is 0. The van der Waals surface area contributed by atoms with Gasteiger partial charge in [0.25, 0.3) is 0 Å². The second-order valence-electron chi connectivity index (χ2n) is 21.0. The lowest BCUT2D eigenvalue weighted by Crippen LogP contribution is -2.52. The fourth-order valence-electron chi connectivity index (χ4n) is 9.60. The molecule has 13 atom stereocenters. The van der Waals surface area contributed by atoms with Gasteiger partial charge in [-0.2, -0.15) is 9.29 Å². The minimum atomic E-state index is -5.69. The van der Waals surface area contributed by atoms with E-state index in [0.29, 0.717) is 44.9 Å². The van der Waals surface area contributed by atoms with Crippen molar-refractivity contribution in [2.24, 2.45) is 17.8 Å². The number of nitrogen functional groups attached to an aromatic ring is 1. The summed E-state index contributed by atoms with van der Waals surface area (Å²) in [5, 5.41) is 57.6. The van der Waals surface area contributed by atoms with E-state index in [1.54, 1.807) is 0 Å². The number of unbranched alkanes of at least 4 members (excludes halogenated alkanes) is 15. The number of aliphatic hydroxyl groups is 5.